The van der Waals surface area contributed by atoms with Crippen LogP contribution in [0.5, 0.6) is 0 Å². The zero-order chi connectivity index (χ0) is 17.1. The number of rotatable bonds is 5. The largest absolute Gasteiger partial charge is 0.374 e. The molecule has 130 valence electrons. The van der Waals surface area contributed by atoms with Gasteiger partial charge in [-0.15, -0.1) is 0 Å². The minimum Gasteiger partial charge on any atom is -0.374 e. The average molecular weight is 330 g/mol. The van der Waals surface area contributed by atoms with E-state index in [9.17, 15) is 0 Å². The fourth-order valence-electron chi connectivity index (χ4n) is 3.36. The summed E-state index contributed by atoms with van der Waals surface area (Å²) < 4.78 is 8.00. The lowest BCUT2D eigenvalue weighted by Gasteiger charge is -2.39. The number of aryl methyl sites for hydroxylation is 2. The molecule has 3 heterocycles. The molecule has 3 atom stereocenters. The zero-order valence-electron chi connectivity index (χ0n) is 14.8. The lowest BCUT2D eigenvalue weighted by Crippen LogP contribution is -2.48. The number of likely N-dealkylation sites (N-methyl/N-ethyl adjacent to an activating group) is 1. The number of hydrogen-bond donors (Lipinski definition) is 1. The Kier molecular flexibility index (Phi) is 5.23. The van der Waals surface area contributed by atoms with E-state index in [-0.39, 0.29) is 18.2 Å². The van der Waals surface area contributed by atoms with E-state index in [2.05, 4.69) is 45.3 Å². The van der Waals surface area contributed by atoms with Crippen molar-refractivity contribution in [3.63, 3.8) is 0 Å². The molecule has 1 aliphatic heterocycles. The quantitative estimate of drug-likeness (QED) is 0.890. The Bertz CT molecular complexity index is 673. The van der Waals surface area contributed by atoms with Crippen molar-refractivity contribution in [1.82, 2.24) is 30.0 Å². The number of nitrogens with one attached hydrogen (secondary N) is 1. The third kappa shape index (κ3) is 3.48. The van der Waals surface area contributed by atoms with E-state index in [0.29, 0.717) is 0 Å². The predicted molar refractivity (Wildman–Crippen MR) is 91.5 cm³/mol. The Hall–Kier alpha value is -1.83. The van der Waals surface area contributed by atoms with Crippen molar-refractivity contribution in [3.05, 3.63) is 41.7 Å². The Balaban J connectivity index is 1.70. The third-order valence-electron chi connectivity index (χ3n) is 4.72. The molecule has 0 aliphatic carbocycles. The minimum absolute atomic E-state index is 0.0681. The van der Waals surface area contributed by atoms with Gasteiger partial charge in [0.1, 0.15) is 0 Å². The molecule has 2 aromatic heterocycles. The number of hydrogen-bond acceptors (Lipinski definition) is 6. The van der Waals surface area contributed by atoms with Crippen LogP contribution < -0.4 is 5.32 Å². The molecule has 0 aromatic carbocycles. The van der Waals surface area contributed by atoms with Crippen molar-refractivity contribution >= 4 is 0 Å². The lowest BCUT2D eigenvalue weighted by molar-refractivity contribution is -0.0646. The molecule has 1 aliphatic rings. The van der Waals surface area contributed by atoms with Crippen LogP contribution in [0.2, 0.25) is 0 Å². The summed E-state index contributed by atoms with van der Waals surface area (Å²) in [6.45, 7) is 6.52. The van der Waals surface area contributed by atoms with Crippen LogP contribution in [0.25, 0.3) is 0 Å². The van der Waals surface area contributed by atoms with Gasteiger partial charge in [0.05, 0.1) is 35.8 Å². The lowest BCUT2D eigenvalue weighted by atomic mass is 10.0. The number of nitrogens with zero attached hydrogens (tertiary/aromatic N) is 5. The van der Waals surface area contributed by atoms with E-state index in [1.807, 2.05) is 24.9 Å². The van der Waals surface area contributed by atoms with Crippen molar-refractivity contribution in [2.45, 2.75) is 32.0 Å². The highest BCUT2D eigenvalue weighted by Crippen LogP contribution is 2.28. The fourth-order valence-corrected chi connectivity index (χ4v) is 3.36. The summed E-state index contributed by atoms with van der Waals surface area (Å²) in [6.07, 6.45) is 5.37. The van der Waals surface area contributed by atoms with Crippen LogP contribution in [0.4, 0.5) is 0 Å². The first kappa shape index (κ1) is 17.0. The van der Waals surface area contributed by atoms with Gasteiger partial charge in [-0.25, -0.2) is 0 Å². The molecule has 0 spiro atoms. The van der Waals surface area contributed by atoms with Crippen molar-refractivity contribution in [1.29, 1.82) is 0 Å². The van der Waals surface area contributed by atoms with Gasteiger partial charge >= 0.3 is 0 Å². The van der Waals surface area contributed by atoms with E-state index < -0.39 is 0 Å². The van der Waals surface area contributed by atoms with E-state index in [4.69, 9.17) is 4.74 Å². The monoisotopic (exact) mass is 330 g/mol. The van der Waals surface area contributed by atoms with Crippen molar-refractivity contribution in [2.24, 2.45) is 7.05 Å². The predicted octanol–water partition coefficient (Wildman–Crippen LogP) is 1.24. The van der Waals surface area contributed by atoms with Gasteiger partial charge in [-0.2, -0.15) is 5.10 Å². The first-order valence-electron chi connectivity index (χ1n) is 8.38. The highest BCUT2D eigenvalue weighted by molar-refractivity contribution is 5.13. The molecule has 1 fully saturated rings. The Labute approximate surface area is 143 Å². The van der Waals surface area contributed by atoms with Gasteiger partial charge in [-0.05, 0) is 27.0 Å². The second-order valence-corrected chi connectivity index (χ2v) is 6.37. The van der Waals surface area contributed by atoms with Crippen molar-refractivity contribution < 1.29 is 4.74 Å². The van der Waals surface area contributed by atoms with Gasteiger partial charge in [0.15, 0.2) is 0 Å². The summed E-state index contributed by atoms with van der Waals surface area (Å²) in [5.74, 6) is 0. The highest BCUT2D eigenvalue weighted by Gasteiger charge is 2.33. The van der Waals surface area contributed by atoms with E-state index in [1.165, 1.54) is 5.69 Å². The van der Waals surface area contributed by atoms with Crippen LogP contribution in [-0.4, -0.2) is 57.5 Å². The molecule has 1 N–H and O–H groups in total. The molecule has 7 heteroatoms. The number of morpholine rings is 1. The van der Waals surface area contributed by atoms with Gasteiger partial charge in [0.25, 0.3) is 0 Å². The molecule has 0 saturated carbocycles. The maximum absolute atomic E-state index is 6.07. The summed E-state index contributed by atoms with van der Waals surface area (Å²) in [6, 6.07) is 2.38. The molecule has 0 amide bonds. The van der Waals surface area contributed by atoms with Crippen LogP contribution >= 0.6 is 0 Å². The summed E-state index contributed by atoms with van der Waals surface area (Å²) in [5.41, 5.74) is 3.12. The number of aromatic nitrogens is 4. The topological polar surface area (TPSA) is 68.1 Å². The zero-order valence-corrected chi connectivity index (χ0v) is 14.8. The van der Waals surface area contributed by atoms with E-state index in [0.717, 1.165) is 31.1 Å². The summed E-state index contributed by atoms with van der Waals surface area (Å²) in [5, 5.41) is 7.87. The van der Waals surface area contributed by atoms with Crippen LogP contribution in [0.15, 0.2) is 24.7 Å². The standard InChI is InChI=1S/C17H26N6O/c1-12-16(19-8-7-18-12)13(2)20-11-15-17(22(3)9-10-24-15)14-5-6-21-23(14)4/h5-8,13,15,17,20H,9-11H2,1-4H3/t13?,15-,17-/m0/s1. The maximum atomic E-state index is 6.07. The molecule has 24 heavy (non-hydrogen) atoms. The van der Waals surface area contributed by atoms with Crippen LogP contribution in [0, 0.1) is 6.92 Å². The molecule has 1 unspecified atom stereocenters. The summed E-state index contributed by atoms with van der Waals surface area (Å²) in [7, 11) is 4.12. The molecule has 2 aromatic rings. The SMILES string of the molecule is Cc1nccnc1C(C)NC[C@@H]1OCCN(C)[C@H]1c1ccnn1C. The van der Waals surface area contributed by atoms with Crippen LogP contribution in [0.3, 0.4) is 0 Å². The smallest absolute Gasteiger partial charge is 0.0911 e. The third-order valence-corrected chi connectivity index (χ3v) is 4.72. The molecule has 1 saturated heterocycles. The van der Waals surface area contributed by atoms with E-state index in [1.54, 1.807) is 12.4 Å². The second kappa shape index (κ2) is 7.38. The van der Waals surface area contributed by atoms with Crippen molar-refractivity contribution in [3.8, 4) is 0 Å². The average Bonchev–Trinajstić information content (AvgIpc) is 2.99. The summed E-state index contributed by atoms with van der Waals surface area (Å²) in [4.78, 5) is 11.1. The van der Waals surface area contributed by atoms with Crippen LogP contribution in [-0.2, 0) is 11.8 Å². The van der Waals surface area contributed by atoms with Gasteiger partial charge in [-0.3, -0.25) is 19.5 Å². The number of ether oxygens (including phenoxy) is 1. The second-order valence-electron chi connectivity index (χ2n) is 6.37. The molecule has 7 nitrogen and oxygen atoms in total. The Morgan fingerprint density at radius 3 is 2.79 bits per heavy atom. The molecule has 3 rings (SSSR count). The Morgan fingerprint density at radius 1 is 1.29 bits per heavy atom. The van der Waals surface area contributed by atoms with Gasteiger partial charge in [0, 0.05) is 44.8 Å². The van der Waals surface area contributed by atoms with E-state index >= 15 is 0 Å². The molecular formula is C17H26N6O. The molecular weight excluding hydrogens is 304 g/mol. The highest BCUT2D eigenvalue weighted by atomic mass is 16.5. The molecule has 0 radical (unpaired) electrons. The normalized spacial score (nSPS) is 23.3. The van der Waals surface area contributed by atoms with Gasteiger partial charge in [0.2, 0.25) is 0 Å². The first-order chi connectivity index (χ1) is 11.6. The van der Waals surface area contributed by atoms with Gasteiger partial charge in [-0.1, -0.05) is 0 Å². The maximum Gasteiger partial charge on any atom is 0.0911 e. The van der Waals surface area contributed by atoms with Gasteiger partial charge < -0.3 is 10.1 Å². The fraction of sp³-hybridized carbons (Fsp3) is 0.588. The minimum atomic E-state index is 0.0681. The molecule has 0 bridgehead atoms. The Morgan fingerprint density at radius 2 is 2.08 bits per heavy atom. The van der Waals surface area contributed by atoms with Crippen LogP contribution in [0.1, 0.15) is 36.1 Å². The summed E-state index contributed by atoms with van der Waals surface area (Å²) >= 11 is 0. The first-order valence-corrected chi connectivity index (χ1v) is 8.38. The van der Waals surface area contributed by atoms with Crippen molar-refractivity contribution in [2.75, 3.05) is 26.7 Å².